The van der Waals surface area contributed by atoms with Crippen molar-refractivity contribution in [2.24, 2.45) is 7.05 Å². The van der Waals surface area contributed by atoms with E-state index in [0.717, 1.165) is 12.8 Å². The van der Waals surface area contributed by atoms with Gasteiger partial charge in [-0.2, -0.15) is 0 Å². The number of hydrogen-bond donors (Lipinski definition) is 2. The highest BCUT2D eigenvalue weighted by atomic mass is 16.4. The molecule has 0 spiro atoms. The van der Waals surface area contributed by atoms with Crippen LogP contribution in [-0.2, 0) is 7.05 Å². The van der Waals surface area contributed by atoms with Crippen molar-refractivity contribution in [1.82, 2.24) is 14.5 Å². The fourth-order valence-electron chi connectivity index (χ4n) is 2.59. The summed E-state index contributed by atoms with van der Waals surface area (Å²) in [6.45, 7) is 2.03. The van der Waals surface area contributed by atoms with Crippen LogP contribution in [0.1, 0.15) is 36.7 Å². The smallest absolute Gasteiger partial charge is 0.356 e. The Morgan fingerprint density at radius 1 is 1.43 bits per heavy atom. The maximum absolute atomic E-state index is 12.5. The molecular formula is C13H20N4O4. The summed E-state index contributed by atoms with van der Waals surface area (Å²) in [6, 6.07) is -0.457. The van der Waals surface area contributed by atoms with Crippen LogP contribution in [0.25, 0.3) is 0 Å². The molecule has 116 valence electrons. The zero-order chi connectivity index (χ0) is 15.8. The summed E-state index contributed by atoms with van der Waals surface area (Å²) in [5.74, 6) is -1.09. The molecule has 0 aliphatic carbocycles. The van der Waals surface area contributed by atoms with Gasteiger partial charge >= 0.3 is 12.0 Å². The molecule has 8 nitrogen and oxygen atoms in total. The summed E-state index contributed by atoms with van der Waals surface area (Å²) in [5, 5.41) is 19.5. The number of carboxylic acid groups (broad SMARTS) is 1. The fourth-order valence-corrected chi connectivity index (χ4v) is 2.59. The van der Waals surface area contributed by atoms with Crippen molar-refractivity contribution in [1.29, 1.82) is 0 Å². The highest BCUT2D eigenvalue weighted by Gasteiger charge is 2.38. The molecule has 2 heterocycles. The number of piperidine rings is 1. The van der Waals surface area contributed by atoms with Crippen molar-refractivity contribution >= 4 is 17.8 Å². The van der Waals surface area contributed by atoms with E-state index in [4.69, 9.17) is 0 Å². The van der Waals surface area contributed by atoms with E-state index in [1.165, 1.54) is 27.7 Å². The van der Waals surface area contributed by atoms with Gasteiger partial charge in [0.2, 0.25) is 0 Å². The third kappa shape index (κ3) is 2.71. The molecule has 2 N–H and O–H groups in total. The number of aromatic carboxylic acids is 1. The van der Waals surface area contributed by atoms with Crippen LogP contribution in [0.4, 0.5) is 10.6 Å². The number of carbonyl (C=O) groups is 2. The predicted octanol–water partition coefficient (Wildman–Crippen LogP) is 0.869. The SMILES string of the molecule is CN(C(=O)N1CCCCC1(C)O)c1ncn(C)c1C(=O)O. The molecule has 0 bridgehead atoms. The van der Waals surface area contributed by atoms with E-state index in [-0.39, 0.29) is 11.5 Å². The van der Waals surface area contributed by atoms with Gasteiger partial charge in [0.05, 0.1) is 6.33 Å². The molecule has 0 radical (unpaired) electrons. The van der Waals surface area contributed by atoms with E-state index in [0.29, 0.717) is 13.0 Å². The van der Waals surface area contributed by atoms with E-state index in [2.05, 4.69) is 4.98 Å². The Bertz CT molecular complexity index is 567. The molecule has 1 aromatic rings. The van der Waals surface area contributed by atoms with Crippen LogP contribution in [0.3, 0.4) is 0 Å². The normalized spacial score (nSPS) is 22.2. The number of anilines is 1. The van der Waals surface area contributed by atoms with Crippen molar-refractivity contribution in [3.05, 3.63) is 12.0 Å². The van der Waals surface area contributed by atoms with Crippen LogP contribution in [0.2, 0.25) is 0 Å². The van der Waals surface area contributed by atoms with Crippen LogP contribution < -0.4 is 4.90 Å². The molecule has 21 heavy (non-hydrogen) atoms. The van der Waals surface area contributed by atoms with Crippen LogP contribution in [0.5, 0.6) is 0 Å². The van der Waals surface area contributed by atoms with Gasteiger partial charge in [-0.05, 0) is 26.2 Å². The number of aryl methyl sites for hydroxylation is 1. The second kappa shape index (κ2) is 5.36. The second-order valence-corrected chi connectivity index (χ2v) is 5.50. The average molecular weight is 296 g/mol. The number of rotatable bonds is 2. The minimum absolute atomic E-state index is 0.0661. The molecule has 0 aromatic carbocycles. The molecule has 2 amide bonds. The molecule has 0 saturated carbocycles. The largest absolute Gasteiger partial charge is 0.476 e. The van der Waals surface area contributed by atoms with Gasteiger partial charge in [0, 0.05) is 20.6 Å². The molecule has 2 rings (SSSR count). The first-order chi connectivity index (χ1) is 9.75. The Labute approximate surface area is 122 Å². The predicted molar refractivity (Wildman–Crippen MR) is 75.1 cm³/mol. The van der Waals surface area contributed by atoms with Crippen LogP contribution in [0.15, 0.2) is 6.33 Å². The maximum Gasteiger partial charge on any atom is 0.356 e. The number of imidazole rings is 1. The molecule has 1 saturated heterocycles. The van der Waals surface area contributed by atoms with Gasteiger partial charge in [-0.25, -0.2) is 14.6 Å². The summed E-state index contributed by atoms with van der Waals surface area (Å²) in [6.07, 6.45) is 3.51. The zero-order valence-corrected chi connectivity index (χ0v) is 12.4. The first kappa shape index (κ1) is 15.3. The Kier molecular flexibility index (Phi) is 3.91. The van der Waals surface area contributed by atoms with Gasteiger partial charge in [0.15, 0.2) is 11.5 Å². The van der Waals surface area contributed by atoms with Gasteiger partial charge < -0.3 is 14.8 Å². The fraction of sp³-hybridized carbons (Fsp3) is 0.615. The van der Waals surface area contributed by atoms with Crippen molar-refractivity contribution in [3.63, 3.8) is 0 Å². The highest BCUT2D eigenvalue weighted by Crippen LogP contribution is 2.28. The standard InChI is InChI=1S/C13H20N4O4/c1-13(21)6-4-5-7-17(13)12(20)16(3)10-9(11(18)19)15(2)8-14-10/h8,21H,4-7H2,1-3H3,(H,18,19). The number of amides is 2. The van der Waals surface area contributed by atoms with Gasteiger partial charge in [-0.15, -0.1) is 0 Å². The van der Waals surface area contributed by atoms with Crippen molar-refractivity contribution in [2.75, 3.05) is 18.5 Å². The lowest BCUT2D eigenvalue weighted by atomic mass is 10.0. The Hall–Kier alpha value is -2.09. The lowest BCUT2D eigenvalue weighted by Crippen LogP contribution is -2.56. The molecule has 1 aliphatic heterocycles. The summed E-state index contributed by atoms with van der Waals surface area (Å²) < 4.78 is 1.34. The van der Waals surface area contributed by atoms with Crippen LogP contribution >= 0.6 is 0 Å². The van der Waals surface area contributed by atoms with Gasteiger partial charge in [0.1, 0.15) is 5.72 Å². The third-order valence-corrected chi connectivity index (χ3v) is 3.82. The maximum atomic E-state index is 12.5. The molecule has 1 aliphatic rings. The summed E-state index contributed by atoms with van der Waals surface area (Å²) in [5.41, 5.74) is -1.29. The third-order valence-electron chi connectivity index (χ3n) is 3.82. The number of nitrogens with zero attached hydrogens (tertiary/aromatic N) is 4. The summed E-state index contributed by atoms with van der Waals surface area (Å²) in [4.78, 5) is 30.3. The number of aliphatic hydroxyl groups is 1. The summed E-state index contributed by atoms with van der Waals surface area (Å²) in [7, 11) is 3.01. The number of urea groups is 1. The van der Waals surface area contributed by atoms with Gasteiger partial charge in [0.25, 0.3) is 0 Å². The van der Waals surface area contributed by atoms with E-state index < -0.39 is 17.7 Å². The molecule has 1 atom stereocenters. The minimum atomic E-state index is -1.22. The minimum Gasteiger partial charge on any atom is -0.476 e. The van der Waals surface area contributed by atoms with Gasteiger partial charge in [-0.3, -0.25) is 9.80 Å². The van der Waals surface area contributed by atoms with E-state index in [9.17, 15) is 19.8 Å². The summed E-state index contributed by atoms with van der Waals surface area (Å²) >= 11 is 0. The van der Waals surface area contributed by atoms with E-state index in [1.54, 1.807) is 14.0 Å². The Morgan fingerprint density at radius 3 is 2.67 bits per heavy atom. The molecule has 1 aromatic heterocycles. The number of hydrogen-bond acceptors (Lipinski definition) is 4. The Balaban J connectivity index is 2.29. The van der Waals surface area contributed by atoms with Crippen LogP contribution in [-0.4, -0.2) is 56.0 Å². The van der Waals surface area contributed by atoms with Gasteiger partial charge in [-0.1, -0.05) is 0 Å². The number of carbonyl (C=O) groups excluding carboxylic acids is 1. The number of carboxylic acids is 1. The van der Waals surface area contributed by atoms with Crippen molar-refractivity contribution < 1.29 is 19.8 Å². The molecular weight excluding hydrogens is 276 g/mol. The first-order valence-electron chi connectivity index (χ1n) is 6.78. The average Bonchev–Trinajstić information content (AvgIpc) is 2.78. The second-order valence-electron chi connectivity index (χ2n) is 5.50. The molecule has 1 unspecified atom stereocenters. The quantitative estimate of drug-likeness (QED) is 0.843. The van der Waals surface area contributed by atoms with Crippen molar-refractivity contribution in [3.8, 4) is 0 Å². The monoisotopic (exact) mass is 296 g/mol. The highest BCUT2D eigenvalue weighted by molar-refractivity contribution is 5.99. The zero-order valence-electron chi connectivity index (χ0n) is 12.4. The number of aromatic nitrogens is 2. The van der Waals surface area contributed by atoms with E-state index >= 15 is 0 Å². The lowest BCUT2D eigenvalue weighted by Gasteiger charge is -2.42. The van der Waals surface area contributed by atoms with Crippen LogP contribution in [0, 0.1) is 0 Å². The molecule has 8 heteroatoms. The topological polar surface area (TPSA) is 98.9 Å². The first-order valence-corrected chi connectivity index (χ1v) is 6.78. The van der Waals surface area contributed by atoms with Crippen molar-refractivity contribution in [2.45, 2.75) is 31.9 Å². The van der Waals surface area contributed by atoms with E-state index in [1.807, 2.05) is 0 Å². The Morgan fingerprint density at radius 2 is 2.10 bits per heavy atom. The lowest BCUT2D eigenvalue weighted by molar-refractivity contribution is -0.0878. The molecule has 1 fully saturated rings. The number of likely N-dealkylation sites (tertiary alicyclic amines) is 1.